The van der Waals surface area contributed by atoms with Crippen LogP contribution in [0.25, 0.3) is 0 Å². The van der Waals surface area contributed by atoms with Gasteiger partial charge in [-0.3, -0.25) is 4.79 Å². The largest absolute Gasteiger partial charge is 0.462 e. The van der Waals surface area contributed by atoms with Gasteiger partial charge in [-0.2, -0.15) is 18.4 Å². The molecule has 0 atom stereocenters. The number of amides is 2. The van der Waals surface area contributed by atoms with Crippen LogP contribution in [-0.2, 0) is 27.1 Å². The number of ether oxygens (including phenoxy) is 2. The molecule has 0 saturated carbocycles. The second kappa shape index (κ2) is 14.9. The van der Waals surface area contributed by atoms with E-state index in [-0.39, 0.29) is 56.7 Å². The van der Waals surface area contributed by atoms with E-state index in [0.29, 0.717) is 32.2 Å². The third-order valence-electron chi connectivity index (χ3n) is 6.37. The smallest absolute Gasteiger partial charge is 0.434 e. The third-order valence-corrected chi connectivity index (χ3v) is 6.37. The molecule has 3 rings (SSSR count). The number of esters is 1. The first-order chi connectivity index (χ1) is 19.6. The molecule has 0 bridgehead atoms. The Labute approximate surface area is 236 Å². The van der Waals surface area contributed by atoms with Crippen LogP contribution in [0.2, 0.25) is 0 Å². The molecule has 41 heavy (non-hydrogen) atoms. The van der Waals surface area contributed by atoms with E-state index in [1.807, 2.05) is 36.4 Å². The normalized spacial score (nSPS) is 13.3. The van der Waals surface area contributed by atoms with E-state index in [9.17, 15) is 32.8 Å². The van der Waals surface area contributed by atoms with Gasteiger partial charge in [0.2, 0.25) is 5.91 Å². The molecule has 1 aromatic carbocycles. The Morgan fingerprint density at radius 1 is 1.05 bits per heavy atom. The SMILES string of the molecule is CCOC(=O)c1cc(C#N)c(N2CCN(C(=O)CCCCCNC(=O)OCc3ccccc3)CC2)nc1C(F)(F)F. The summed E-state index contributed by atoms with van der Waals surface area (Å²) in [5.74, 6) is -1.47. The molecule has 0 radical (unpaired) electrons. The molecule has 1 aromatic heterocycles. The van der Waals surface area contributed by atoms with Crippen molar-refractivity contribution in [3.05, 3.63) is 58.8 Å². The van der Waals surface area contributed by atoms with Gasteiger partial charge in [-0.15, -0.1) is 0 Å². The van der Waals surface area contributed by atoms with Gasteiger partial charge >= 0.3 is 18.2 Å². The fourth-order valence-electron chi connectivity index (χ4n) is 4.28. The number of carbonyl (C=O) groups excluding carboxylic acids is 3. The fourth-order valence-corrected chi connectivity index (χ4v) is 4.28. The summed E-state index contributed by atoms with van der Waals surface area (Å²) < 4.78 is 50.9. The number of nitriles is 1. The third kappa shape index (κ3) is 9.09. The minimum absolute atomic E-state index is 0.0815. The van der Waals surface area contributed by atoms with Gasteiger partial charge in [0.25, 0.3) is 0 Å². The number of hydrogen-bond donors (Lipinski definition) is 1. The maximum atomic E-state index is 13.7. The van der Waals surface area contributed by atoms with Gasteiger partial charge < -0.3 is 24.6 Å². The summed E-state index contributed by atoms with van der Waals surface area (Å²) in [5.41, 5.74) is -1.52. The second-order valence-corrected chi connectivity index (χ2v) is 9.25. The number of aromatic nitrogens is 1. The predicted octanol–water partition coefficient (Wildman–Crippen LogP) is 4.28. The molecule has 1 fully saturated rings. The average Bonchev–Trinajstić information content (AvgIpc) is 2.97. The molecule has 2 aromatic rings. The Bertz CT molecular complexity index is 1240. The highest BCUT2D eigenvalue weighted by Gasteiger charge is 2.40. The van der Waals surface area contributed by atoms with Gasteiger partial charge in [0, 0.05) is 39.1 Å². The van der Waals surface area contributed by atoms with Crippen LogP contribution in [0.5, 0.6) is 0 Å². The molecule has 2 amide bonds. The van der Waals surface area contributed by atoms with E-state index < -0.39 is 29.5 Å². The quantitative estimate of drug-likeness (QED) is 0.311. The van der Waals surface area contributed by atoms with Crippen LogP contribution in [-0.4, -0.2) is 67.2 Å². The van der Waals surface area contributed by atoms with Crippen molar-refractivity contribution >= 4 is 23.8 Å². The Hall–Kier alpha value is -4.34. The van der Waals surface area contributed by atoms with Crippen LogP contribution in [0.3, 0.4) is 0 Å². The number of piperazine rings is 1. The van der Waals surface area contributed by atoms with Crippen molar-refractivity contribution in [2.45, 2.75) is 45.4 Å². The summed E-state index contributed by atoms with van der Waals surface area (Å²) in [6, 6.07) is 12.0. The number of benzene rings is 1. The first-order valence-electron chi connectivity index (χ1n) is 13.3. The van der Waals surface area contributed by atoms with Crippen LogP contribution in [0.15, 0.2) is 36.4 Å². The number of halogens is 3. The van der Waals surface area contributed by atoms with Crippen LogP contribution >= 0.6 is 0 Å². The van der Waals surface area contributed by atoms with Crippen molar-refractivity contribution in [3.8, 4) is 6.07 Å². The van der Waals surface area contributed by atoms with Crippen molar-refractivity contribution in [2.24, 2.45) is 0 Å². The van der Waals surface area contributed by atoms with Crippen molar-refractivity contribution in [2.75, 3.05) is 44.2 Å². The number of unbranched alkanes of at least 4 members (excludes halogenated alkanes) is 2. The summed E-state index contributed by atoms with van der Waals surface area (Å²) >= 11 is 0. The molecule has 1 N–H and O–H groups in total. The molecule has 0 aliphatic carbocycles. The number of alkyl carbamates (subject to hydrolysis) is 1. The maximum absolute atomic E-state index is 13.7. The van der Waals surface area contributed by atoms with E-state index in [1.54, 1.807) is 4.90 Å². The molecule has 0 spiro atoms. The summed E-state index contributed by atoms with van der Waals surface area (Å²) in [4.78, 5) is 43.3. The topological polar surface area (TPSA) is 125 Å². The Morgan fingerprint density at radius 3 is 2.39 bits per heavy atom. The van der Waals surface area contributed by atoms with Crippen molar-refractivity contribution < 1.29 is 37.0 Å². The summed E-state index contributed by atoms with van der Waals surface area (Å²) in [6.45, 7) is 2.80. The first-order valence-corrected chi connectivity index (χ1v) is 13.3. The number of alkyl halides is 3. The number of carbonyl (C=O) groups is 3. The van der Waals surface area contributed by atoms with E-state index in [2.05, 4.69) is 10.3 Å². The molecule has 220 valence electrons. The number of pyridine rings is 1. The number of nitrogens with zero attached hydrogens (tertiary/aromatic N) is 4. The Morgan fingerprint density at radius 2 is 1.76 bits per heavy atom. The molecule has 0 unspecified atom stereocenters. The summed E-state index contributed by atoms with van der Waals surface area (Å²) in [7, 11) is 0. The summed E-state index contributed by atoms with van der Waals surface area (Å²) in [5, 5.41) is 12.2. The standard InChI is InChI=1S/C28H32F3N5O5/c1-2-40-26(38)22-17-21(18-32)25(34-24(22)28(29,30)31)36-15-13-35(14-16-36)23(37)11-7-4-8-12-33-27(39)41-19-20-9-5-3-6-10-20/h3,5-6,9-10,17H,2,4,7-8,11-16,19H2,1H3,(H,33,39). The zero-order valence-corrected chi connectivity index (χ0v) is 22.7. The monoisotopic (exact) mass is 575 g/mol. The van der Waals surface area contributed by atoms with E-state index in [4.69, 9.17) is 9.47 Å². The van der Waals surface area contributed by atoms with Crippen LogP contribution in [0.4, 0.5) is 23.8 Å². The zero-order valence-electron chi connectivity index (χ0n) is 22.7. The van der Waals surface area contributed by atoms with Crippen LogP contribution < -0.4 is 10.2 Å². The maximum Gasteiger partial charge on any atom is 0.434 e. The minimum atomic E-state index is -4.93. The first kappa shape index (κ1) is 31.2. The van der Waals surface area contributed by atoms with Gasteiger partial charge in [0.1, 0.15) is 18.5 Å². The lowest BCUT2D eigenvalue weighted by molar-refractivity contribution is -0.141. The van der Waals surface area contributed by atoms with Crippen LogP contribution in [0, 0.1) is 11.3 Å². The highest BCUT2D eigenvalue weighted by molar-refractivity contribution is 5.92. The lowest BCUT2D eigenvalue weighted by Crippen LogP contribution is -2.49. The number of nitrogens with one attached hydrogen (secondary N) is 1. The predicted molar refractivity (Wildman–Crippen MR) is 142 cm³/mol. The molecule has 1 aliphatic heterocycles. The lowest BCUT2D eigenvalue weighted by atomic mass is 10.1. The fraction of sp³-hybridized carbons (Fsp3) is 0.464. The van der Waals surface area contributed by atoms with Crippen molar-refractivity contribution in [1.82, 2.24) is 15.2 Å². The molecule has 13 heteroatoms. The van der Waals surface area contributed by atoms with E-state index in [0.717, 1.165) is 11.6 Å². The van der Waals surface area contributed by atoms with Gasteiger partial charge in [0.05, 0.1) is 17.7 Å². The Kier molecular flexibility index (Phi) is 11.3. The molecule has 1 saturated heterocycles. The van der Waals surface area contributed by atoms with Gasteiger partial charge in [-0.1, -0.05) is 36.8 Å². The highest BCUT2D eigenvalue weighted by Crippen LogP contribution is 2.34. The van der Waals surface area contributed by atoms with E-state index >= 15 is 0 Å². The molecular formula is C28H32F3N5O5. The number of hydrogen-bond acceptors (Lipinski definition) is 8. The van der Waals surface area contributed by atoms with E-state index in [1.165, 1.54) is 11.8 Å². The number of anilines is 1. The average molecular weight is 576 g/mol. The van der Waals surface area contributed by atoms with Gasteiger partial charge in [0.15, 0.2) is 5.69 Å². The Balaban J connectivity index is 1.43. The van der Waals surface area contributed by atoms with Crippen LogP contribution in [0.1, 0.15) is 59.8 Å². The van der Waals surface area contributed by atoms with Gasteiger partial charge in [-0.25, -0.2) is 14.6 Å². The highest BCUT2D eigenvalue weighted by atomic mass is 19.4. The molecule has 1 aliphatic rings. The second-order valence-electron chi connectivity index (χ2n) is 9.25. The molecular weight excluding hydrogens is 543 g/mol. The van der Waals surface area contributed by atoms with Gasteiger partial charge in [-0.05, 0) is 31.4 Å². The summed E-state index contributed by atoms with van der Waals surface area (Å²) in [6.07, 6.45) is -3.13. The molecule has 2 heterocycles. The number of rotatable bonds is 11. The van der Waals surface area contributed by atoms with Crippen molar-refractivity contribution in [1.29, 1.82) is 5.26 Å². The van der Waals surface area contributed by atoms with Crippen molar-refractivity contribution in [3.63, 3.8) is 0 Å². The lowest BCUT2D eigenvalue weighted by Gasteiger charge is -2.36. The molecule has 10 nitrogen and oxygen atoms in total. The minimum Gasteiger partial charge on any atom is -0.462 e. The zero-order chi connectivity index (χ0) is 29.8.